The normalized spacial score (nSPS) is 16.1. The Morgan fingerprint density at radius 2 is 2.26 bits per heavy atom. The van der Waals surface area contributed by atoms with E-state index in [0.717, 1.165) is 18.5 Å². The van der Waals surface area contributed by atoms with Crippen molar-refractivity contribution in [2.75, 3.05) is 0 Å². The van der Waals surface area contributed by atoms with Gasteiger partial charge in [0.15, 0.2) is 5.65 Å². The van der Waals surface area contributed by atoms with Crippen LogP contribution in [0.15, 0.2) is 12.4 Å². The first kappa shape index (κ1) is 15.5. The van der Waals surface area contributed by atoms with Gasteiger partial charge in [-0.3, -0.25) is 4.79 Å². The van der Waals surface area contributed by atoms with Crippen LogP contribution in [0.4, 0.5) is 0 Å². The average molecular weight is 311 g/mol. The Labute approximate surface area is 135 Å². The highest BCUT2D eigenvalue weighted by molar-refractivity contribution is 6.04. The van der Waals surface area contributed by atoms with Crippen molar-refractivity contribution in [3.05, 3.63) is 23.7 Å². The zero-order valence-corrected chi connectivity index (χ0v) is 13.7. The maximum absolute atomic E-state index is 12.6. The van der Waals surface area contributed by atoms with Crippen molar-refractivity contribution >= 4 is 17.1 Å². The molecule has 0 spiro atoms. The van der Waals surface area contributed by atoms with E-state index in [-0.39, 0.29) is 23.8 Å². The number of nitrogens with one attached hydrogen (secondary N) is 2. The van der Waals surface area contributed by atoms with E-state index in [1.165, 1.54) is 0 Å². The molecule has 23 heavy (non-hydrogen) atoms. The molecule has 2 aromatic rings. The van der Waals surface area contributed by atoms with E-state index in [4.69, 9.17) is 5.26 Å². The van der Waals surface area contributed by atoms with Gasteiger partial charge in [-0.1, -0.05) is 20.8 Å². The fourth-order valence-corrected chi connectivity index (χ4v) is 2.55. The molecule has 120 valence electrons. The molecule has 2 N–H and O–H groups in total. The molecule has 3 rings (SSSR count). The Balaban J connectivity index is 1.88. The van der Waals surface area contributed by atoms with Gasteiger partial charge in [0.2, 0.25) is 0 Å². The molecule has 0 radical (unpaired) electrons. The fourth-order valence-electron chi connectivity index (χ4n) is 2.55. The van der Waals surface area contributed by atoms with Crippen molar-refractivity contribution in [1.29, 1.82) is 5.26 Å². The summed E-state index contributed by atoms with van der Waals surface area (Å²) in [5.41, 5.74) is 2.48. The maximum atomic E-state index is 12.6. The summed E-state index contributed by atoms with van der Waals surface area (Å²) in [7, 11) is 0. The zero-order valence-electron chi connectivity index (χ0n) is 13.7. The second-order valence-electron chi connectivity index (χ2n) is 7.22. The van der Waals surface area contributed by atoms with Crippen LogP contribution in [-0.4, -0.2) is 26.9 Å². The van der Waals surface area contributed by atoms with Crippen molar-refractivity contribution in [2.24, 2.45) is 5.41 Å². The molecule has 1 atom stereocenters. The van der Waals surface area contributed by atoms with Gasteiger partial charge in [0.05, 0.1) is 29.9 Å². The SMILES string of the molecule is CC(C)(C)[C@H](CC#N)NC(=O)c1c[nH]c2ncc(C3CC3)nc12. The molecular weight excluding hydrogens is 290 g/mol. The lowest BCUT2D eigenvalue weighted by atomic mass is 9.85. The number of carbonyl (C=O) groups is 1. The molecule has 1 fully saturated rings. The molecule has 0 aliphatic heterocycles. The number of carbonyl (C=O) groups excluding carboxylic acids is 1. The van der Waals surface area contributed by atoms with Crippen LogP contribution in [0.3, 0.4) is 0 Å². The molecule has 0 bridgehead atoms. The van der Waals surface area contributed by atoms with Gasteiger partial charge >= 0.3 is 0 Å². The minimum absolute atomic E-state index is 0.192. The predicted molar refractivity (Wildman–Crippen MR) is 86.8 cm³/mol. The molecule has 0 unspecified atom stereocenters. The molecule has 1 saturated carbocycles. The van der Waals surface area contributed by atoms with E-state index in [0.29, 0.717) is 22.6 Å². The highest BCUT2D eigenvalue weighted by atomic mass is 16.1. The molecule has 6 heteroatoms. The highest BCUT2D eigenvalue weighted by Gasteiger charge is 2.29. The third kappa shape index (κ3) is 3.19. The van der Waals surface area contributed by atoms with Gasteiger partial charge < -0.3 is 10.3 Å². The lowest BCUT2D eigenvalue weighted by Gasteiger charge is -2.29. The van der Waals surface area contributed by atoms with Crippen LogP contribution in [0, 0.1) is 16.7 Å². The van der Waals surface area contributed by atoms with Crippen LogP contribution >= 0.6 is 0 Å². The molecule has 1 aliphatic rings. The predicted octanol–water partition coefficient (Wildman–Crippen LogP) is 2.89. The summed E-state index contributed by atoms with van der Waals surface area (Å²) in [6, 6.07) is 1.93. The quantitative estimate of drug-likeness (QED) is 0.907. The molecular formula is C17H21N5O. The molecule has 0 aromatic carbocycles. The van der Waals surface area contributed by atoms with Gasteiger partial charge in [-0.2, -0.15) is 5.26 Å². The van der Waals surface area contributed by atoms with Crippen molar-refractivity contribution in [1.82, 2.24) is 20.3 Å². The monoisotopic (exact) mass is 311 g/mol. The lowest BCUT2D eigenvalue weighted by molar-refractivity contribution is 0.0905. The number of aromatic nitrogens is 3. The number of nitriles is 1. The van der Waals surface area contributed by atoms with E-state index in [1.54, 1.807) is 12.4 Å². The van der Waals surface area contributed by atoms with Crippen molar-refractivity contribution in [3.8, 4) is 6.07 Å². The Morgan fingerprint density at radius 1 is 1.52 bits per heavy atom. The average Bonchev–Trinajstić information content (AvgIpc) is 3.25. The van der Waals surface area contributed by atoms with E-state index in [9.17, 15) is 4.79 Å². The zero-order chi connectivity index (χ0) is 16.6. The first-order valence-electron chi connectivity index (χ1n) is 7.92. The number of rotatable bonds is 4. The van der Waals surface area contributed by atoms with E-state index in [2.05, 4.69) is 26.3 Å². The minimum atomic E-state index is -0.218. The first-order chi connectivity index (χ1) is 10.9. The van der Waals surface area contributed by atoms with Gasteiger partial charge in [0.25, 0.3) is 5.91 Å². The molecule has 2 aromatic heterocycles. The van der Waals surface area contributed by atoms with Crippen LogP contribution in [0.25, 0.3) is 11.2 Å². The van der Waals surface area contributed by atoms with Gasteiger partial charge in [-0.25, -0.2) is 9.97 Å². The summed E-state index contributed by atoms with van der Waals surface area (Å²) < 4.78 is 0. The highest BCUT2D eigenvalue weighted by Crippen LogP contribution is 2.39. The summed E-state index contributed by atoms with van der Waals surface area (Å²) in [4.78, 5) is 24.6. The van der Waals surface area contributed by atoms with Gasteiger partial charge in [0, 0.05) is 18.2 Å². The number of nitrogens with zero attached hydrogens (tertiary/aromatic N) is 3. The van der Waals surface area contributed by atoms with Crippen LogP contribution in [0.5, 0.6) is 0 Å². The van der Waals surface area contributed by atoms with E-state index < -0.39 is 0 Å². The van der Waals surface area contributed by atoms with Crippen molar-refractivity contribution in [2.45, 2.75) is 52.0 Å². The number of hydrogen-bond acceptors (Lipinski definition) is 4. The van der Waals surface area contributed by atoms with Crippen molar-refractivity contribution < 1.29 is 4.79 Å². The number of hydrogen-bond donors (Lipinski definition) is 2. The molecule has 1 aliphatic carbocycles. The van der Waals surface area contributed by atoms with Crippen LogP contribution in [0.1, 0.15) is 62.0 Å². The summed E-state index contributed by atoms with van der Waals surface area (Å²) in [5.74, 6) is 0.271. The van der Waals surface area contributed by atoms with Gasteiger partial charge in [-0.15, -0.1) is 0 Å². The Morgan fingerprint density at radius 3 is 2.87 bits per heavy atom. The third-order valence-corrected chi connectivity index (χ3v) is 4.29. The van der Waals surface area contributed by atoms with E-state index >= 15 is 0 Å². The van der Waals surface area contributed by atoms with E-state index in [1.807, 2.05) is 20.8 Å². The Bertz CT molecular complexity index is 776. The van der Waals surface area contributed by atoms with Crippen LogP contribution in [0.2, 0.25) is 0 Å². The maximum Gasteiger partial charge on any atom is 0.255 e. The fraction of sp³-hybridized carbons (Fsp3) is 0.529. The summed E-state index contributed by atoms with van der Waals surface area (Å²) in [6.45, 7) is 6.03. The lowest BCUT2D eigenvalue weighted by Crippen LogP contribution is -2.43. The number of amides is 1. The topological polar surface area (TPSA) is 94.5 Å². The van der Waals surface area contributed by atoms with Crippen LogP contribution < -0.4 is 5.32 Å². The summed E-state index contributed by atoms with van der Waals surface area (Å²) in [5, 5.41) is 12.0. The Hall–Kier alpha value is -2.42. The Kier molecular flexibility index (Phi) is 3.80. The first-order valence-corrected chi connectivity index (χ1v) is 7.92. The van der Waals surface area contributed by atoms with Crippen LogP contribution in [-0.2, 0) is 0 Å². The smallest absolute Gasteiger partial charge is 0.255 e. The minimum Gasteiger partial charge on any atom is -0.348 e. The molecule has 0 saturated heterocycles. The number of H-pyrrole nitrogens is 1. The van der Waals surface area contributed by atoms with Crippen molar-refractivity contribution in [3.63, 3.8) is 0 Å². The second-order valence-corrected chi connectivity index (χ2v) is 7.22. The third-order valence-electron chi connectivity index (χ3n) is 4.29. The summed E-state index contributed by atoms with van der Waals surface area (Å²) in [6.07, 6.45) is 5.98. The molecule has 1 amide bonds. The van der Waals surface area contributed by atoms with Gasteiger partial charge in [0.1, 0.15) is 5.52 Å². The number of fused-ring (bicyclic) bond motifs is 1. The standard InChI is InChI=1S/C17H21N5O/c1-17(2,3)13(6-7-18)22-16(23)11-8-19-15-14(11)21-12(9-20-15)10-4-5-10/h8-10,13H,4-6H2,1-3H3,(H,19,20)(H,22,23)/t13-/m0/s1. The van der Waals surface area contributed by atoms with Gasteiger partial charge in [-0.05, 0) is 18.3 Å². The molecule has 6 nitrogen and oxygen atoms in total. The molecule has 2 heterocycles. The summed E-state index contributed by atoms with van der Waals surface area (Å²) >= 11 is 0. The second kappa shape index (κ2) is 5.65. The largest absolute Gasteiger partial charge is 0.348 e. The number of aromatic amines is 1.